The number of imidazole rings is 1. The van der Waals surface area contributed by atoms with Crippen molar-refractivity contribution in [2.45, 2.75) is 17.9 Å². The third-order valence-corrected chi connectivity index (χ3v) is 4.57. The van der Waals surface area contributed by atoms with Gasteiger partial charge in [-0.05, 0) is 23.8 Å². The molecule has 0 aliphatic carbocycles. The number of nitrogens with zero attached hydrogens (tertiary/aromatic N) is 1. The third kappa shape index (κ3) is 3.57. The molecule has 0 unspecified atom stereocenters. The maximum Gasteiger partial charge on any atom is 0.240 e. The van der Waals surface area contributed by atoms with Gasteiger partial charge in [0.05, 0.1) is 17.8 Å². The van der Waals surface area contributed by atoms with E-state index in [9.17, 15) is 8.42 Å². The van der Waals surface area contributed by atoms with Gasteiger partial charge in [0.15, 0.2) is 0 Å². The number of hydrogen-bond acceptors (Lipinski definition) is 4. The highest BCUT2D eigenvalue weighted by atomic mass is 35.5. The van der Waals surface area contributed by atoms with Gasteiger partial charge in [0.1, 0.15) is 0 Å². The lowest BCUT2D eigenvalue weighted by Gasteiger charge is -2.08. The van der Waals surface area contributed by atoms with Crippen LogP contribution in [0.15, 0.2) is 35.6 Å². The molecule has 108 valence electrons. The quantitative estimate of drug-likeness (QED) is 0.743. The van der Waals surface area contributed by atoms with Crippen molar-refractivity contribution in [2.24, 2.45) is 0 Å². The van der Waals surface area contributed by atoms with Crippen LogP contribution < -0.4 is 4.72 Å². The summed E-state index contributed by atoms with van der Waals surface area (Å²) < 4.78 is 26.6. The largest absolute Gasteiger partial charge is 0.392 e. The van der Waals surface area contributed by atoms with Gasteiger partial charge in [-0.25, -0.2) is 18.1 Å². The predicted octanol–water partition coefficient (Wildman–Crippen LogP) is 1.08. The number of hydrogen-bond donors (Lipinski definition) is 3. The van der Waals surface area contributed by atoms with Gasteiger partial charge in [0.2, 0.25) is 10.0 Å². The van der Waals surface area contributed by atoms with Gasteiger partial charge >= 0.3 is 0 Å². The second-order valence-corrected chi connectivity index (χ2v) is 6.31. The second-order valence-electron chi connectivity index (χ2n) is 4.14. The van der Waals surface area contributed by atoms with Gasteiger partial charge in [0.25, 0.3) is 0 Å². The molecule has 0 bridgehead atoms. The lowest BCUT2D eigenvalue weighted by molar-refractivity contribution is 0.281. The summed E-state index contributed by atoms with van der Waals surface area (Å²) in [7, 11) is -3.62. The molecule has 0 saturated carbocycles. The first-order valence-corrected chi connectivity index (χ1v) is 7.75. The summed E-state index contributed by atoms with van der Waals surface area (Å²) in [5.41, 5.74) is 1.22. The molecule has 0 amide bonds. The smallest absolute Gasteiger partial charge is 0.240 e. The molecule has 1 aromatic heterocycles. The highest BCUT2D eigenvalue weighted by Gasteiger charge is 2.15. The van der Waals surface area contributed by atoms with Crippen LogP contribution in [0.1, 0.15) is 11.3 Å². The average Bonchev–Trinajstić information content (AvgIpc) is 2.92. The molecule has 0 fully saturated rings. The van der Waals surface area contributed by atoms with Crippen LogP contribution >= 0.6 is 11.6 Å². The predicted molar refractivity (Wildman–Crippen MR) is 74.9 cm³/mol. The molecule has 0 spiro atoms. The summed E-state index contributed by atoms with van der Waals surface area (Å²) in [5, 5.41) is 9.44. The Hall–Kier alpha value is -1.41. The van der Waals surface area contributed by atoms with E-state index in [1.807, 2.05) is 0 Å². The SMILES string of the molecule is O=S(=O)(NCCc1cnc[nH]1)c1ccc(Cl)c(CO)c1. The van der Waals surface area contributed by atoms with Gasteiger partial charge in [-0.3, -0.25) is 0 Å². The number of aromatic amines is 1. The van der Waals surface area contributed by atoms with E-state index in [0.29, 0.717) is 17.0 Å². The first-order valence-electron chi connectivity index (χ1n) is 5.89. The monoisotopic (exact) mass is 315 g/mol. The number of nitrogens with one attached hydrogen (secondary N) is 2. The number of halogens is 1. The van der Waals surface area contributed by atoms with E-state index >= 15 is 0 Å². The third-order valence-electron chi connectivity index (χ3n) is 2.74. The molecule has 20 heavy (non-hydrogen) atoms. The Morgan fingerprint density at radius 1 is 1.40 bits per heavy atom. The van der Waals surface area contributed by atoms with E-state index in [1.165, 1.54) is 24.5 Å². The van der Waals surface area contributed by atoms with E-state index < -0.39 is 10.0 Å². The summed E-state index contributed by atoms with van der Waals surface area (Å²) >= 11 is 5.83. The van der Waals surface area contributed by atoms with Gasteiger partial charge in [-0.1, -0.05) is 11.6 Å². The average molecular weight is 316 g/mol. The molecular weight excluding hydrogens is 302 g/mol. The second kappa shape index (κ2) is 6.36. The molecule has 0 aliphatic heterocycles. The van der Waals surface area contributed by atoms with E-state index in [1.54, 1.807) is 6.20 Å². The van der Waals surface area contributed by atoms with Crippen molar-refractivity contribution >= 4 is 21.6 Å². The molecular formula is C12H14ClN3O3S. The fourth-order valence-electron chi connectivity index (χ4n) is 1.66. The van der Waals surface area contributed by atoms with Gasteiger partial charge in [0, 0.05) is 29.9 Å². The molecule has 6 nitrogen and oxygen atoms in total. The van der Waals surface area contributed by atoms with E-state index in [4.69, 9.17) is 16.7 Å². The van der Waals surface area contributed by atoms with Crippen molar-refractivity contribution in [3.63, 3.8) is 0 Å². The number of aliphatic hydroxyl groups is 1. The zero-order valence-corrected chi connectivity index (χ0v) is 12.1. The standard InChI is InChI=1S/C12H14ClN3O3S/c13-12-2-1-11(5-9(12)7-17)20(18,19)16-4-3-10-6-14-8-15-10/h1-2,5-6,8,16-17H,3-4,7H2,(H,14,15). The van der Waals surface area contributed by atoms with Crippen molar-refractivity contribution in [3.05, 3.63) is 47.0 Å². The normalized spacial score (nSPS) is 11.7. The Kier molecular flexibility index (Phi) is 4.77. The molecule has 3 N–H and O–H groups in total. The first kappa shape index (κ1) is 15.0. The number of sulfonamides is 1. The van der Waals surface area contributed by atoms with E-state index in [2.05, 4.69) is 14.7 Å². The number of H-pyrrole nitrogens is 1. The summed E-state index contributed by atoms with van der Waals surface area (Å²) in [4.78, 5) is 6.82. The summed E-state index contributed by atoms with van der Waals surface area (Å²) in [5.74, 6) is 0. The zero-order chi connectivity index (χ0) is 14.6. The van der Waals surface area contributed by atoms with Crippen LogP contribution in [0.3, 0.4) is 0 Å². The molecule has 1 aromatic carbocycles. The summed E-state index contributed by atoms with van der Waals surface area (Å²) in [6.45, 7) is -0.0576. The maximum absolute atomic E-state index is 12.1. The topological polar surface area (TPSA) is 95.1 Å². The molecule has 8 heteroatoms. The summed E-state index contributed by atoms with van der Waals surface area (Å²) in [6, 6.07) is 4.22. The van der Waals surface area contributed by atoms with E-state index in [0.717, 1.165) is 5.69 Å². The van der Waals surface area contributed by atoms with Crippen LogP contribution in [0, 0.1) is 0 Å². The minimum Gasteiger partial charge on any atom is -0.392 e. The Morgan fingerprint density at radius 2 is 2.20 bits per heavy atom. The minimum atomic E-state index is -3.62. The first-order chi connectivity index (χ1) is 9.53. The molecule has 0 saturated heterocycles. The maximum atomic E-state index is 12.1. The van der Waals surface area contributed by atoms with Crippen molar-refractivity contribution in [1.82, 2.24) is 14.7 Å². The molecule has 0 atom stereocenters. The van der Waals surface area contributed by atoms with Gasteiger partial charge in [-0.2, -0.15) is 0 Å². The molecule has 2 aromatic rings. The lowest BCUT2D eigenvalue weighted by atomic mass is 10.2. The minimum absolute atomic E-state index is 0.0792. The number of benzene rings is 1. The lowest BCUT2D eigenvalue weighted by Crippen LogP contribution is -2.26. The molecule has 0 radical (unpaired) electrons. The fourth-order valence-corrected chi connectivity index (χ4v) is 2.92. The van der Waals surface area contributed by atoms with Gasteiger partial charge in [-0.15, -0.1) is 0 Å². The van der Waals surface area contributed by atoms with E-state index in [-0.39, 0.29) is 18.0 Å². The van der Waals surface area contributed by atoms with Crippen LogP contribution in [0.25, 0.3) is 0 Å². The highest BCUT2D eigenvalue weighted by molar-refractivity contribution is 7.89. The van der Waals surface area contributed by atoms with Crippen LogP contribution in [0.5, 0.6) is 0 Å². The van der Waals surface area contributed by atoms with Crippen molar-refractivity contribution < 1.29 is 13.5 Å². The number of aliphatic hydroxyl groups excluding tert-OH is 1. The molecule has 2 rings (SSSR count). The van der Waals surface area contributed by atoms with Crippen LogP contribution in [-0.2, 0) is 23.1 Å². The van der Waals surface area contributed by atoms with Crippen molar-refractivity contribution in [2.75, 3.05) is 6.54 Å². The number of aromatic nitrogens is 2. The fraction of sp³-hybridized carbons (Fsp3) is 0.250. The summed E-state index contributed by atoms with van der Waals surface area (Å²) in [6.07, 6.45) is 3.69. The van der Waals surface area contributed by atoms with Crippen molar-refractivity contribution in [3.8, 4) is 0 Å². The van der Waals surface area contributed by atoms with Crippen LogP contribution in [0.2, 0.25) is 5.02 Å². The van der Waals surface area contributed by atoms with Crippen molar-refractivity contribution in [1.29, 1.82) is 0 Å². The Bertz CT molecular complexity index is 671. The molecule has 0 aliphatic rings. The molecule has 1 heterocycles. The van der Waals surface area contributed by atoms with Gasteiger partial charge < -0.3 is 10.1 Å². The highest BCUT2D eigenvalue weighted by Crippen LogP contribution is 2.20. The van der Waals surface area contributed by atoms with Crippen LogP contribution in [0.4, 0.5) is 0 Å². The number of rotatable bonds is 6. The Morgan fingerprint density at radius 3 is 2.85 bits per heavy atom. The Labute approximate surface area is 121 Å². The Balaban J connectivity index is 2.06. The van der Waals surface area contributed by atoms with Crippen LogP contribution in [-0.4, -0.2) is 30.0 Å². The zero-order valence-electron chi connectivity index (χ0n) is 10.5.